The number of hydrogen-bond acceptors (Lipinski definition) is 17. The Hall–Kier alpha value is -3.60. The van der Waals surface area contributed by atoms with Crippen molar-refractivity contribution in [1.82, 2.24) is 39.0 Å². The molecule has 0 bridgehead atoms. The fraction of sp³-hybridized carbons (Fsp3) is 0.500. The topological polar surface area (TPSA) is 320 Å². The highest BCUT2D eigenvalue weighted by Crippen LogP contribution is 2.50. The van der Waals surface area contributed by atoms with Gasteiger partial charge in [-0.05, 0) is 0 Å². The van der Waals surface area contributed by atoms with E-state index in [1.807, 2.05) is 0 Å². The van der Waals surface area contributed by atoms with Gasteiger partial charge in [0.25, 0.3) is 5.56 Å². The van der Waals surface area contributed by atoms with E-state index in [1.54, 1.807) is 0 Å². The van der Waals surface area contributed by atoms with Crippen molar-refractivity contribution >= 4 is 50.2 Å². The first kappa shape index (κ1) is 31.4. The zero-order chi connectivity index (χ0) is 32.2. The summed E-state index contributed by atoms with van der Waals surface area (Å²) in [6.07, 6.45) is -10.0. The summed E-state index contributed by atoms with van der Waals surface area (Å²) in [5.74, 6) is -0.298. The van der Waals surface area contributed by atoms with E-state index in [9.17, 15) is 33.9 Å². The van der Waals surface area contributed by atoms with Crippen molar-refractivity contribution in [2.24, 2.45) is 0 Å². The van der Waals surface area contributed by atoms with E-state index in [0.717, 1.165) is 28.1 Å². The third kappa shape index (κ3) is 5.79. The number of aliphatic hydroxyl groups is 2. The Morgan fingerprint density at radius 1 is 1.07 bits per heavy atom. The zero-order valence-electron chi connectivity index (χ0n) is 22.4. The summed E-state index contributed by atoms with van der Waals surface area (Å²) in [5, 5.41) is 20.4. The molecule has 0 aromatic carbocycles. The first-order chi connectivity index (χ1) is 21.4. The highest BCUT2D eigenvalue weighted by Gasteiger charge is 2.53. The highest BCUT2D eigenvalue weighted by atomic mass is 31.2. The molecule has 22 nitrogen and oxygen atoms in total. The fourth-order valence-corrected chi connectivity index (χ4v) is 6.42. The first-order valence-electron chi connectivity index (χ1n) is 12.8. The molecule has 10 atom stereocenters. The molecule has 4 aromatic heterocycles. The number of rotatable bonds is 10. The Labute approximate surface area is 249 Å². The lowest BCUT2D eigenvalue weighted by Gasteiger charge is -2.24. The molecule has 242 valence electrons. The maximum Gasteiger partial charge on any atom is 0.695 e. The summed E-state index contributed by atoms with van der Waals surface area (Å²) in [4.78, 5) is 54.1. The lowest BCUT2D eigenvalue weighted by molar-refractivity contribution is -0.0589. The number of anilines is 2. The van der Waals surface area contributed by atoms with Crippen LogP contribution in [0.15, 0.2) is 23.8 Å². The number of nitrogens with zero attached hydrogens (tertiary/aromatic N) is 7. The molecule has 0 saturated carbocycles. The van der Waals surface area contributed by atoms with Gasteiger partial charge in [0.15, 0.2) is 47.4 Å². The van der Waals surface area contributed by atoms with Crippen LogP contribution in [0, 0.1) is 0 Å². The van der Waals surface area contributed by atoms with Crippen LogP contribution in [0.2, 0.25) is 0 Å². The molecule has 2 saturated heterocycles. The van der Waals surface area contributed by atoms with Crippen LogP contribution in [0.25, 0.3) is 22.3 Å². The van der Waals surface area contributed by atoms with E-state index < -0.39 is 84.0 Å². The van der Waals surface area contributed by atoms with Gasteiger partial charge >= 0.3 is 16.1 Å². The van der Waals surface area contributed by atoms with Crippen LogP contribution in [-0.2, 0) is 32.2 Å². The van der Waals surface area contributed by atoms with Gasteiger partial charge in [-0.2, -0.15) is 4.98 Å². The second-order valence-corrected chi connectivity index (χ2v) is 11.8. The number of imidazole rings is 2. The van der Waals surface area contributed by atoms with Crippen LogP contribution < -0.4 is 17.0 Å². The van der Waals surface area contributed by atoms with Crippen molar-refractivity contribution in [3.8, 4) is 0 Å². The Morgan fingerprint density at radius 2 is 1.76 bits per heavy atom. The number of nitrogens with one attached hydrogen (secondary N) is 1. The number of ether oxygens (including phenoxy) is 2. The number of hydrogen-bond donors (Lipinski definition) is 7. The Kier molecular flexibility index (Phi) is 8.34. The molecule has 25 heteroatoms. The second-order valence-electron chi connectivity index (χ2n) is 9.75. The molecule has 4 aromatic rings. The standard InChI is InChI=1S/C20H23FN10O12P2/c21-8-12(42-44(35)36)7(41-18(8)30-4-26-9-14(22)24-3-25-15(9)30)2-39-45(37,38)43-13-11(33)6(1-32)40-19(13)31-5-27-10-16(31)28-20(23)29-17(10)34/h3-8,11-13,18-19,32-33H,1-2H2,(H6-,22,23,24,25,28,29,34,35,36,37,38)/p+1/t6-,7-,8?,11+,12+,13+,18-,19-/m1/s1. The quantitative estimate of drug-likeness (QED) is 0.0905. The van der Waals surface area contributed by atoms with Crippen molar-refractivity contribution in [1.29, 1.82) is 0 Å². The summed E-state index contributed by atoms with van der Waals surface area (Å²) < 4.78 is 68.7. The minimum Gasteiger partial charge on any atom is -0.394 e. The Balaban J connectivity index is 1.22. The van der Waals surface area contributed by atoms with E-state index >= 15 is 4.39 Å². The van der Waals surface area contributed by atoms with Crippen molar-refractivity contribution in [2.45, 2.75) is 49.1 Å². The molecule has 0 aliphatic carbocycles. The molecule has 2 fully saturated rings. The molecule has 2 aliphatic rings. The number of alkyl halides is 1. The van der Waals surface area contributed by atoms with Gasteiger partial charge in [0, 0.05) is 4.57 Å². The van der Waals surface area contributed by atoms with Crippen LogP contribution >= 0.6 is 16.1 Å². The summed E-state index contributed by atoms with van der Waals surface area (Å²) in [6.45, 7) is -1.68. The molecule has 6 heterocycles. The molecular weight excluding hydrogens is 653 g/mol. The fourth-order valence-electron chi connectivity index (χ4n) is 5.03. The van der Waals surface area contributed by atoms with E-state index in [-0.39, 0.29) is 34.1 Å². The lowest BCUT2D eigenvalue weighted by Crippen LogP contribution is -2.36. The minimum atomic E-state index is -5.21. The summed E-state index contributed by atoms with van der Waals surface area (Å²) >= 11 is 0. The van der Waals surface area contributed by atoms with Gasteiger partial charge in [-0.25, -0.2) is 28.9 Å². The minimum absolute atomic E-state index is 0.00814. The second kappa shape index (κ2) is 12.0. The molecule has 3 unspecified atom stereocenters. The van der Waals surface area contributed by atoms with Gasteiger partial charge in [-0.15, -0.1) is 9.42 Å². The van der Waals surface area contributed by atoms with Crippen molar-refractivity contribution < 1.29 is 56.6 Å². The predicted octanol–water partition coefficient (Wildman–Crippen LogP) is -1.85. The smallest absolute Gasteiger partial charge is 0.394 e. The molecular formula is C20H24FN10O12P2+. The molecule has 0 radical (unpaired) electrons. The number of halogens is 1. The monoisotopic (exact) mass is 677 g/mol. The molecule has 6 rings (SSSR count). The molecule has 9 N–H and O–H groups in total. The van der Waals surface area contributed by atoms with Crippen LogP contribution in [0.1, 0.15) is 12.5 Å². The van der Waals surface area contributed by atoms with Crippen LogP contribution in [0.3, 0.4) is 0 Å². The van der Waals surface area contributed by atoms with E-state index in [1.165, 1.54) is 0 Å². The molecule has 0 amide bonds. The highest BCUT2D eigenvalue weighted by molar-refractivity contribution is 7.47. The summed E-state index contributed by atoms with van der Waals surface area (Å²) in [6, 6.07) is 0. The number of aromatic amines is 1. The summed E-state index contributed by atoms with van der Waals surface area (Å²) in [5.41, 5.74) is 10.6. The summed E-state index contributed by atoms with van der Waals surface area (Å²) in [7, 11) is -8.58. The lowest BCUT2D eigenvalue weighted by atomic mass is 10.1. The van der Waals surface area contributed by atoms with Crippen LogP contribution in [-0.4, -0.2) is 109 Å². The normalized spacial score (nSPS) is 30.3. The van der Waals surface area contributed by atoms with Crippen LogP contribution in [0.4, 0.5) is 16.2 Å². The van der Waals surface area contributed by atoms with Gasteiger partial charge < -0.3 is 36.0 Å². The molecule has 0 spiro atoms. The van der Waals surface area contributed by atoms with E-state index in [4.69, 9.17) is 34.5 Å². The number of H-pyrrole nitrogens is 1. The van der Waals surface area contributed by atoms with E-state index in [2.05, 4.69) is 29.9 Å². The van der Waals surface area contributed by atoms with Gasteiger partial charge in [-0.3, -0.25) is 28.0 Å². The Bertz CT molecular complexity index is 1860. The number of nitrogens with two attached hydrogens (primary N) is 2. The number of phosphoric ester groups is 1. The first-order valence-corrected chi connectivity index (χ1v) is 15.4. The van der Waals surface area contributed by atoms with Crippen molar-refractivity contribution in [3.63, 3.8) is 0 Å². The molecule has 45 heavy (non-hydrogen) atoms. The average molecular weight is 677 g/mol. The zero-order valence-corrected chi connectivity index (χ0v) is 24.2. The third-order valence-corrected chi connectivity index (χ3v) is 8.42. The van der Waals surface area contributed by atoms with Gasteiger partial charge in [0.2, 0.25) is 5.95 Å². The number of aliphatic hydroxyl groups excluding tert-OH is 2. The van der Waals surface area contributed by atoms with Crippen LogP contribution in [0.5, 0.6) is 0 Å². The van der Waals surface area contributed by atoms with Gasteiger partial charge in [0.05, 0.1) is 25.9 Å². The third-order valence-electron chi connectivity index (χ3n) is 7.01. The van der Waals surface area contributed by atoms with Gasteiger partial charge in [0.1, 0.15) is 36.3 Å². The SMILES string of the molecule is Nc1nc2c(ncn2[C@@H]2O[C@H](CO)[C@H](O)[C@@H]2OP(=O)(O)OC[C@H]2O[C@@H](n3cnc4c(N)ncnc43)C(F)[C@H]2O[P+](=O)O)c(=O)[nH]1. The van der Waals surface area contributed by atoms with Crippen molar-refractivity contribution in [3.05, 3.63) is 29.3 Å². The number of nitrogen functional groups attached to an aromatic ring is 2. The van der Waals surface area contributed by atoms with Crippen molar-refractivity contribution in [2.75, 3.05) is 24.7 Å². The Morgan fingerprint density at radius 3 is 2.47 bits per heavy atom. The maximum atomic E-state index is 15.6. The maximum absolute atomic E-state index is 15.6. The number of aromatic nitrogens is 8. The molecule has 2 aliphatic heterocycles. The van der Waals surface area contributed by atoms with E-state index in [0.29, 0.717) is 0 Å². The predicted molar refractivity (Wildman–Crippen MR) is 143 cm³/mol. The number of fused-ring (bicyclic) bond motifs is 2. The number of phosphoric acid groups is 1. The largest absolute Gasteiger partial charge is 0.695 e. The van der Waals surface area contributed by atoms with Gasteiger partial charge in [-0.1, -0.05) is 0 Å². The average Bonchev–Trinajstić information content (AvgIpc) is 3.73.